The van der Waals surface area contributed by atoms with E-state index in [2.05, 4.69) is 0 Å². The van der Waals surface area contributed by atoms with E-state index in [4.69, 9.17) is 11.6 Å². The second-order valence-corrected chi connectivity index (χ2v) is 7.89. The highest BCUT2D eigenvalue weighted by Crippen LogP contribution is 2.44. The first-order valence-electron chi connectivity index (χ1n) is 8.73. The van der Waals surface area contributed by atoms with E-state index in [0.29, 0.717) is 15.6 Å². The Bertz CT molecular complexity index is 1210. The third kappa shape index (κ3) is 3.36. The van der Waals surface area contributed by atoms with E-state index in [1.54, 1.807) is 41.8 Å². The largest absolute Gasteiger partial charge is 0.507 e. The topological polar surface area (TPSA) is 101 Å². The summed E-state index contributed by atoms with van der Waals surface area (Å²) in [5.74, 6) is -2.17. The Morgan fingerprint density at radius 2 is 1.87 bits per heavy atom. The molecule has 3 aromatic rings. The van der Waals surface area contributed by atoms with Crippen LogP contribution in [0.2, 0.25) is 5.02 Å². The van der Waals surface area contributed by atoms with Crippen molar-refractivity contribution in [2.24, 2.45) is 0 Å². The molecular formula is C21H13ClN2O5S. The lowest BCUT2D eigenvalue weighted by Gasteiger charge is -2.24. The van der Waals surface area contributed by atoms with E-state index in [9.17, 15) is 24.8 Å². The van der Waals surface area contributed by atoms with Crippen LogP contribution in [0.3, 0.4) is 0 Å². The summed E-state index contributed by atoms with van der Waals surface area (Å²) in [6.07, 6.45) is 0. The van der Waals surface area contributed by atoms with Gasteiger partial charge in [-0.05, 0) is 29.6 Å². The van der Waals surface area contributed by atoms with Crippen LogP contribution in [-0.4, -0.2) is 21.7 Å². The third-order valence-electron chi connectivity index (χ3n) is 4.67. The van der Waals surface area contributed by atoms with Gasteiger partial charge in [0.1, 0.15) is 11.8 Å². The number of nitrogens with zero attached hydrogens (tertiary/aromatic N) is 2. The van der Waals surface area contributed by atoms with E-state index >= 15 is 0 Å². The molecule has 0 saturated carbocycles. The lowest BCUT2D eigenvalue weighted by Crippen LogP contribution is -2.29. The monoisotopic (exact) mass is 440 g/mol. The van der Waals surface area contributed by atoms with E-state index in [1.807, 2.05) is 0 Å². The summed E-state index contributed by atoms with van der Waals surface area (Å²) in [4.78, 5) is 38.3. The first-order chi connectivity index (χ1) is 14.4. The van der Waals surface area contributed by atoms with Crippen molar-refractivity contribution in [1.29, 1.82) is 0 Å². The first-order valence-corrected chi connectivity index (χ1v) is 9.99. The van der Waals surface area contributed by atoms with Crippen LogP contribution in [0.1, 0.15) is 16.5 Å². The van der Waals surface area contributed by atoms with Gasteiger partial charge in [0.05, 0.1) is 10.5 Å². The lowest BCUT2D eigenvalue weighted by atomic mass is 9.99. The lowest BCUT2D eigenvalue weighted by molar-refractivity contribution is -0.384. The number of non-ortho nitro benzene ring substituents is 1. The molecular weight excluding hydrogens is 428 g/mol. The Kier molecular flexibility index (Phi) is 5.11. The number of amides is 1. The molecule has 0 radical (unpaired) electrons. The Morgan fingerprint density at radius 1 is 1.10 bits per heavy atom. The number of hydrogen-bond acceptors (Lipinski definition) is 6. The fourth-order valence-corrected chi connectivity index (χ4v) is 4.37. The van der Waals surface area contributed by atoms with Gasteiger partial charge >= 0.3 is 0 Å². The summed E-state index contributed by atoms with van der Waals surface area (Å²) >= 11 is 7.40. The maximum atomic E-state index is 12.9. The number of anilines is 1. The molecule has 1 aromatic heterocycles. The predicted molar refractivity (Wildman–Crippen MR) is 114 cm³/mol. The highest BCUT2D eigenvalue weighted by Gasteiger charge is 2.47. The number of aliphatic hydroxyl groups excluding tert-OH is 1. The Hall–Kier alpha value is -3.49. The Labute approximate surface area is 179 Å². The average Bonchev–Trinajstić information content (AvgIpc) is 3.35. The predicted octanol–water partition coefficient (Wildman–Crippen LogP) is 4.94. The highest BCUT2D eigenvalue weighted by atomic mass is 35.5. The van der Waals surface area contributed by atoms with Crippen LogP contribution in [0, 0.1) is 10.1 Å². The van der Waals surface area contributed by atoms with Crippen molar-refractivity contribution in [2.45, 2.75) is 6.04 Å². The minimum atomic E-state index is -0.886. The van der Waals surface area contributed by atoms with Crippen molar-refractivity contribution in [3.63, 3.8) is 0 Å². The molecule has 2 heterocycles. The normalized spacial score (nSPS) is 18.0. The van der Waals surface area contributed by atoms with Crippen LogP contribution in [0.5, 0.6) is 0 Å². The van der Waals surface area contributed by atoms with E-state index in [0.717, 1.165) is 6.07 Å². The summed E-state index contributed by atoms with van der Waals surface area (Å²) < 4.78 is 0. The summed E-state index contributed by atoms with van der Waals surface area (Å²) in [6, 6.07) is 14.4. The van der Waals surface area contributed by atoms with Crippen LogP contribution in [-0.2, 0) is 9.59 Å². The van der Waals surface area contributed by atoms with Gasteiger partial charge in [-0.1, -0.05) is 35.9 Å². The van der Waals surface area contributed by atoms with Gasteiger partial charge in [0, 0.05) is 33.3 Å². The van der Waals surface area contributed by atoms with Gasteiger partial charge in [0.25, 0.3) is 17.4 Å². The third-order valence-corrected chi connectivity index (χ3v) is 5.83. The van der Waals surface area contributed by atoms with E-state index in [1.165, 1.54) is 34.4 Å². The molecule has 1 atom stereocenters. The summed E-state index contributed by atoms with van der Waals surface area (Å²) in [5.41, 5.74) is 0.106. The van der Waals surface area contributed by atoms with Crippen LogP contribution < -0.4 is 4.90 Å². The molecule has 1 saturated heterocycles. The highest BCUT2D eigenvalue weighted by molar-refractivity contribution is 7.10. The molecule has 7 nitrogen and oxygen atoms in total. The minimum absolute atomic E-state index is 0.0786. The number of halogens is 1. The van der Waals surface area contributed by atoms with Crippen LogP contribution in [0.25, 0.3) is 5.76 Å². The molecule has 1 fully saturated rings. The first kappa shape index (κ1) is 19.8. The SMILES string of the molecule is O=C1C(=O)N(c2cccc(Cl)c2)C(c2cccs2)/C1=C(/O)c1cccc([N+](=O)[O-])c1. The molecule has 30 heavy (non-hydrogen) atoms. The Balaban J connectivity index is 1.93. The second kappa shape index (κ2) is 7.74. The van der Waals surface area contributed by atoms with Crippen LogP contribution in [0.4, 0.5) is 11.4 Å². The molecule has 4 rings (SSSR count). The van der Waals surface area contributed by atoms with Crippen molar-refractivity contribution in [2.75, 3.05) is 4.90 Å². The van der Waals surface area contributed by atoms with Gasteiger partial charge in [0.15, 0.2) is 0 Å². The molecule has 1 aliphatic rings. The van der Waals surface area contributed by atoms with Gasteiger partial charge in [-0.2, -0.15) is 0 Å². The van der Waals surface area contributed by atoms with E-state index in [-0.39, 0.29) is 16.8 Å². The van der Waals surface area contributed by atoms with Gasteiger partial charge in [-0.15, -0.1) is 11.3 Å². The Morgan fingerprint density at radius 3 is 2.53 bits per heavy atom. The number of carbonyl (C=O) groups is 2. The number of nitro benzene ring substituents is 1. The number of Topliss-reactive ketones (excluding diaryl/α,β-unsaturated/α-hetero) is 1. The maximum absolute atomic E-state index is 12.9. The zero-order valence-electron chi connectivity index (χ0n) is 15.2. The van der Waals surface area contributed by atoms with Crippen molar-refractivity contribution < 1.29 is 19.6 Å². The number of hydrogen-bond donors (Lipinski definition) is 1. The van der Waals surface area contributed by atoms with Crippen molar-refractivity contribution in [3.8, 4) is 0 Å². The number of thiophene rings is 1. The van der Waals surface area contributed by atoms with Crippen LogP contribution in [0.15, 0.2) is 71.6 Å². The van der Waals surface area contributed by atoms with Crippen molar-refractivity contribution in [3.05, 3.63) is 97.2 Å². The minimum Gasteiger partial charge on any atom is -0.507 e. The molecule has 1 aliphatic heterocycles. The standard InChI is InChI=1S/C21H13ClN2O5S/c22-13-5-2-6-14(11-13)23-18(16-8-3-9-30-16)17(20(26)21(23)27)19(25)12-4-1-7-15(10-12)24(28)29/h1-11,18,25H/b19-17-. The quantitative estimate of drug-likeness (QED) is 0.204. The summed E-state index contributed by atoms with van der Waals surface area (Å²) in [7, 11) is 0. The fourth-order valence-electron chi connectivity index (χ4n) is 3.36. The second-order valence-electron chi connectivity index (χ2n) is 6.47. The molecule has 9 heteroatoms. The molecule has 0 aliphatic carbocycles. The average molecular weight is 441 g/mol. The number of aliphatic hydroxyl groups is 1. The molecule has 1 amide bonds. The molecule has 0 bridgehead atoms. The maximum Gasteiger partial charge on any atom is 0.300 e. The summed E-state index contributed by atoms with van der Waals surface area (Å²) in [6.45, 7) is 0. The van der Waals surface area contributed by atoms with Crippen LogP contribution >= 0.6 is 22.9 Å². The van der Waals surface area contributed by atoms with E-state index < -0.39 is 28.4 Å². The molecule has 150 valence electrons. The van der Waals surface area contributed by atoms with Gasteiger partial charge in [-0.25, -0.2) is 0 Å². The zero-order chi connectivity index (χ0) is 21.4. The molecule has 2 aromatic carbocycles. The van der Waals surface area contributed by atoms with Crippen molar-refractivity contribution in [1.82, 2.24) is 0 Å². The van der Waals surface area contributed by atoms with Gasteiger partial charge in [-0.3, -0.25) is 24.6 Å². The zero-order valence-corrected chi connectivity index (χ0v) is 16.8. The number of ketones is 1. The number of nitro groups is 1. The van der Waals surface area contributed by atoms with Crippen molar-refractivity contribution >= 4 is 51.8 Å². The van der Waals surface area contributed by atoms with Gasteiger partial charge in [0.2, 0.25) is 0 Å². The molecule has 1 unspecified atom stereocenters. The summed E-state index contributed by atoms with van der Waals surface area (Å²) in [5, 5.41) is 24.2. The number of carbonyl (C=O) groups excluding carboxylic acids is 2. The molecule has 1 N–H and O–H groups in total. The smallest absolute Gasteiger partial charge is 0.300 e. The number of benzene rings is 2. The molecule has 0 spiro atoms. The van der Waals surface area contributed by atoms with Gasteiger partial charge < -0.3 is 5.11 Å². The number of rotatable bonds is 4. The fraction of sp³-hybridized carbons (Fsp3) is 0.0476.